The first kappa shape index (κ1) is 28.8. The fraction of sp³-hybridized carbons (Fsp3) is 0.407. The van der Waals surface area contributed by atoms with E-state index in [-0.39, 0.29) is 18.9 Å². The van der Waals surface area contributed by atoms with Gasteiger partial charge in [-0.15, -0.1) is 0 Å². The highest BCUT2D eigenvalue weighted by molar-refractivity contribution is 6.38. The van der Waals surface area contributed by atoms with Crippen molar-refractivity contribution in [2.75, 3.05) is 0 Å². The summed E-state index contributed by atoms with van der Waals surface area (Å²) in [6, 6.07) is 12.4. The molecule has 0 aromatic heterocycles. The van der Waals surface area contributed by atoms with Gasteiger partial charge < -0.3 is 21.3 Å². The van der Waals surface area contributed by atoms with Gasteiger partial charge in [-0.25, -0.2) is 4.79 Å². The van der Waals surface area contributed by atoms with Crippen LogP contribution in [0, 0.1) is 12.8 Å². The van der Waals surface area contributed by atoms with Crippen molar-refractivity contribution in [1.29, 1.82) is 0 Å². The summed E-state index contributed by atoms with van der Waals surface area (Å²) >= 11 is 6.11. The summed E-state index contributed by atoms with van der Waals surface area (Å²) in [7, 11) is 0. The highest BCUT2D eigenvalue weighted by Crippen LogP contribution is 2.18. The normalized spacial score (nSPS) is 12.4. The molecule has 2 unspecified atom stereocenters. The summed E-state index contributed by atoms with van der Waals surface area (Å²) in [5.74, 6) is -1.95. The number of Topliss-reactive ketones (excluding diaryl/α,β-unsaturated/α-hetero) is 1. The first-order valence-electron chi connectivity index (χ1n) is 12.1. The summed E-state index contributed by atoms with van der Waals surface area (Å²) in [6.45, 7) is 7.84. The van der Waals surface area contributed by atoms with Gasteiger partial charge in [0.25, 0.3) is 5.91 Å². The van der Waals surface area contributed by atoms with Crippen molar-refractivity contribution < 1.29 is 19.2 Å². The van der Waals surface area contributed by atoms with Gasteiger partial charge in [0.15, 0.2) is 0 Å². The van der Waals surface area contributed by atoms with Crippen molar-refractivity contribution >= 4 is 35.2 Å². The number of rotatable bonds is 12. The third-order valence-corrected chi connectivity index (χ3v) is 6.12. The largest absolute Gasteiger partial charge is 0.345 e. The Labute approximate surface area is 217 Å². The van der Waals surface area contributed by atoms with Gasteiger partial charge in [0, 0.05) is 18.1 Å². The molecule has 2 aromatic rings. The molecule has 0 radical (unpaired) electrons. The maximum atomic E-state index is 13.0. The quantitative estimate of drug-likeness (QED) is 0.323. The van der Waals surface area contributed by atoms with Crippen molar-refractivity contribution in [3.05, 3.63) is 70.2 Å². The van der Waals surface area contributed by atoms with Gasteiger partial charge in [0.2, 0.25) is 11.7 Å². The molecule has 0 aliphatic heterocycles. The van der Waals surface area contributed by atoms with Crippen LogP contribution in [-0.2, 0) is 27.5 Å². The molecule has 8 nitrogen and oxygen atoms in total. The molecule has 0 saturated heterocycles. The van der Waals surface area contributed by atoms with E-state index in [1.54, 1.807) is 19.1 Å². The molecule has 36 heavy (non-hydrogen) atoms. The second kappa shape index (κ2) is 14.2. The summed E-state index contributed by atoms with van der Waals surface area (Å²) < 4.78 is 0. The van der Waals surface area contributed by atoms with Gasteiger partial charge in [-0.3, -0.25) is 14.4 Å². The monoisotopic (exact) mass is 514 g/mol. The van der Waals surface area contributed by atoms with Gasteiger partial charge in [-0.1, -0.05) is 74.8 Å². The molecule has 4 amide bonds. The van der Waals surface area contributed by atoms with Crippen LogP contribution in [0.15, 0.2) is 48.5 Å². The lowest BCUT2D eigenvalue weighted by molar-refractivity contribution is -0.140. The molecule has 0 bridgehead atoms. The molecule has 0 aliphatic carbocycles. The zero-order valence-corrected chi connectivity index (χ0v) is 21.9. The fourth-order valence-electron chi connectivity index (χ4n) is 3.58. The molecule has 2 aromatic carbocycles. The summed E-state index contributed by atoms with van der Waals surface area (Å²) in [5.41, 5.74) is 2.54. The molecule has 2 atom stereocenters. The van der Waals surface area contributed by atoms with Crippen molar-refractivity contribution in [3.8, 4) is 0 Å². The Balaban J connectivity index is 1.96. The van der Waals surface area contributed by atoms with Crippen LogP contribution in [0.25, 0.3) is 0 Å². The zero-order valence-electron chi connectivity index (χ0n) is 21.2. The molecule has 0 aliphatic rings. The molecular formula is C27H35ClN4O4. The lowest BCUT2D eigenvalue weighted by atomic mass is 10.0. The standard InChI is InChI=1S/C27H35ClN4O4/c1-5-22(24(33)26(35)29-16-20-12-9-13-21(28)18(20)4)31-25(34)23(14-17(2)3)32-27(36)30-15-19-10-7-6-8-11-19/h6-13,17,22-23H,5,14-16H2,1-4H3,(H,29,35)(H,31,34)(H2,30,32,36). The van der Waals surface area contributed by atoms with Gasteiger partial charge in [0.1, 0.15) is 6.04 Å². The third kappa shape index (κ3) is 9.00. The molecular weight excluding hydrogens is 480 g/mol. The van der Waals surface area contributed by atoms with Crippen LogP contribution in [0.2, 0.25) is 5.02 Å². The number of carbonyl (C=O) groups excluding carboxylic acids is 4. The molecule has 0 fully saturated rings. The van der Waals surface area contributed by atoms with E-state index in [1.165, 1.54) is 0 Å². The topological polar surface area (TPSA) is 116 Å². The third-order valence-electron chi connectivity index (χ3n) is 5.71. The Bertz CT molecular complexity index is 1060. The van der Waals surface area contributed by atoms with Gasteiger partial charge >= 0.3 is 6.03 Å². The second-order valence-corrected chi connectivity index (χ2v) is 9.44. The van der Waals surface area contributed by atoms with E-state index in [9.17, 15) is 19.2 Å². The van der Waals surface area contributed by atoms with Crippen LogP contribution in [-0.4, -0.2) is 35.7 Å². The minimum Gasteiger partial charge on any atom is -0.345 e. The van der Waals surface area contributed by atoms with Crippen LogP contribution in [0.5, 0.6) is 0 Å². The maximum absolute atomic E-state index is 13.0. The van der Waals surface area contributed by atoms with Crippen LogP contribution < -0.4 is 21.3 Å². The lowest BCUT2D eigenvalue weighted by Gasteiger charge is -2.23. The first-order valence-corrected chi connectivity index (χ1v) is 12.4. The summed E-state index contributed by atoms with van der Waals surface area (Å²) in [4.78, 5) is 50.7. The lowest BCUT2D eigenvalue weighted by Crippen LogP contribution is -2.55. The number of halogens is 1. The summed E-state index contributed by atoms with van der Waals surface area (Å²) in [6.07, 6.45) is 0.595. The van der Waals surface area contributed by atoms with Gasteiger partial charge in [0.05, 0.1) is 6.04 Å². The van der Waals surface area contributed by atoms with Crippen molar-refractivity contribution in [2.45, 2.75) is 65.7 Å². The second-order valence-electron chi connectivity index (χ2n) is 9.04. The highest BCUT2D eigenvalue weighted by atomic mass is 35.5. The van der Waals surface area contributed by atoms with Crippen LogP contribution in [0.4, 0.5) is 4.79 Å². The number of hydrogen-bond donors (Lipinski definition) is 4. The summed E-state index contributed by atoms with van der Waals surface area (Å²) in [5, 5.41) is 11.2. The highest BCUT2D eigenvalue weighted by Gasteiger charge is 2.29. The SMILES string of the molecule is CCC(NC(=O)C(CC(C)C)NC(=O)NCc1ccccc1)C(=O)C(=O)NCc1cccc(Cl)c1C. The zero-order chi connectivity index (χ0) is 26.7. The van der Waals surface area contributed by atoms with Crippen LogP contribution >= 0.6 is 11.6 Å². The Morgan fingerprint density at radius 1 is 0.861 bits per heavy atom. The van der Waals surface area contributed by atoms with Crippen molar-refractivity contribution in [3.63, 3.8) is 0 Å². The Hall–Kier alpha value is -3.39. The Morgan fingerprint density at radius 2 is 1.56 bits per heavy atom. The predicted octanol–water partition coefficient (Wildman–Crippen LogP) is 3.64. The number of urea groups is 1. The Morgan fingerprint density at radius 3 is 2.19 bits per heavy atom. The van der Waals surface area contributed by atoms with E-state index >= 15 is 0 Å². The minimum atomic E-state index is -1.01. The number of nitrogens with one attached hydrogen (secondary N) is 4. The smallest absolute Gasteiger partial charge is 0.315 e. The average molecular weight is 515 g/mol. The molecule has 0 saturated carbocycles. The van der Waals surface area contributed by atoms with Crippen LogP contribution in [0.3, 0.4) is 0 Å². The van der Waals surface area contributed by atoms with E-state index in [0.29, 0.717) is 18.0 Å². The van der Waals surface area contributed by atoms with E-state index in [4.69, 9.17) is 11.6 Å². The van der Waals surface area contributed by atoms with E-state index < -0.39 is 35.7 Å². The van der Waals surface area contributed by atoms with E-state index in [1.807, 2.05) is 57.2 Å². The Kier molecular flexibility index (Phi) is 11.4. The van der Waals surface area contributed by atoms with E-state index in [0.717, 1.165) is 16.7 Å². The number of benzene rings is 2. The molecule has 0 spiro atoms. The van der Waals surface area contributed by atoms with Crippen LogP contribution in [0.1, 0.15) is 50.3 Å². The first-order chi connectivity index (χ1) is 17.1. The number of carbonyl (C=O) groups is 4. The molecule has 194 valence electrons. The average Bonchev–Trinajstić information content (AvgIpc) is 2.86. The maximum Gasteiger partial charge on any atom is 0.315 e. The molecule has 0 heterocycles. The number of ketones is 1. The molecule has 4 N–H and O–H groups in total. The number of hydrogen-bond acceptors (Lipinski definition) is 4. The predicted molar refractivity (Wildman–Crippen MR) is 140 cm³/mol. The molecule has 2 rings (SSSR count). The van der Waals surface area contributed by atoms with Gasteiger partial charge in [-0.2, -0.15) is 0 Å². The van der Waals surface area contributed by atoms with Gasteiger partial charge in [-0.05, 0) is 48.4 Å². The molecule has 9 heteroatoms. The fourth-order valence-corrected chi connectivity index (χ4v) is 3.77. The van der Waals surface area contributed by atoms with Crippen molar-refractivity contribution in [1.82, 2.24) is 21.3 Å². The van der Waals surface area contributed by atoms with Crippen molar-refractivity contribution in [2.24, 2.45) is 5.92 Å². The van der Waals surface area contributed by atoms with E-state index in [2.05, 4.69) is 21.3 Å². The number of amides is 4. The minimum absolute atomic E-state index is 0.107.